The Bertz CT molecular complexity index is 429. The van der Waals surface area contributed by atoms with E-state index >= 15 is 0 Å². The van der Waals surface area contributed by atoms with Crippen molar-refractivity contribution in [3.63, 3.8) is 0 Å². The fourth-order valence-electron chi connectivity index (χ4n) is 3.54. The second-order valence-electron chi connectivity index (χ2n) is 6.60. The molecule has 2 N–H and O–H groups in total. The van der Waals surface area contributed by atoms with Crippen LogP contribution in [0, 0.1) is 0 Å². The smallest absolute Gasteiger partial charge is 0.314 e. The first-order chi connectivity index (χ1) is 11.6. The van der Waals surface area contributed by atoms with Crippen molar-refractivity contribution >= 4 is 17.8 Å². The summed E-state index contributed by atoms with van der Waals surface area (Å²) in [5, 5.41) is 5.73. The average Bonchev–Trinajstić information content (AvgIpc) is 3.18. The molecule has 2 unspecified atom stereocenters. The first kappa shape index (κ1) is 18.5. The number of urea groups is 1. The van der Waals surface area contributed by atoms with Crippen molar-refractivity contribution < 1.29 is 14.4 Å². The SMILES string of the molecule is CCC(CNC(=O)NCC(CC)N1CCCC1=O)N1CCCC1=O. The predicted molar refractivity (Wildman–Crippen MR) is 91.5 cm³/mol. The molecule has 136 valence electrons. The van der Waals surface area contributed by atoms with Gasteiger partial charge in [0.15, 0.2) is 0 Å². The van der Waals surface area contributed by atoms with Gasteiger partial charge in [0.25, 0.3) is 0 Å². The topological polar surface area (TPSA) is 81.8 Å². The van der Waals surface area contributed by atoms with Crippen LogP contribution in [-0.2, 0) is 9.59 Å². The average molecular weight is 338 g/mol. The Balaban J connectivity index is 1.73. The van der Waals surface area contributed by atoms with E-state index in [-0.39, 0.29) is 29.9 Å². The molecule has 0 aliphatic carbocycles. The molecular weight excluding hydrogens is 308 g/mol. The molecule has 0 spiro atoms. The molecule has 0 aromatic heterocycles. The minimum atomic E-state index is -0.231. The van der Waals surface area contributed by atoms with Crippen LogP contribution in [0.4, 0.5) is 4.79 Å². The summed E-state index contributed by atoms with van der Waals surface area (Å²) in [7, 11) is 0. The van der Waals surface area contributed by atoms with Gasteiger partial charge in [-0.3, -0.25) is 9.59 Å². The Morgan fingerprint density at radius 1 is 0.917 bits per heavy atom. The van der Waals surface area contributed by atoms with E-state index in [9.17, 15) is 14.4 Å². The summed E-state index contributed by atoms with van der Waals surface area (Å²) in [6.07, 6.45) is 4.69. The number of rotatable bonds is 8. The number of likely N-dealkylation sites (tertiary alicyclic amines) is 2. The highest BCUT2D eigenvalue weighted by Crippen LogP contribution is 2.16. The Morgan fingerprint density at radius 2 is 1.33 bits per heavy atom. The Morgan fingerprint density at radius 3 is 1.62 bits per heavy atom. The van der Waals surface area contributed by atoms with E-state index in [4.69, 9.17) is 0 Å². The van der Waals surface area contributed by atoms with Crippen LogP contribution in [-0.4, -0.2) is 65.9 Å². The molecule has 2 fully saturated rings. The minimum absolute atomic E-state index is 0.0629. The molecule has 2 heterocycles. The summed E-state index contributed by atoms with van der Waals surface area (Å²) >= 11 is 0. The summed E-state index contributed by atoms with van der Waals surface area (Å²) in [4.78, 5) is 39.4. The van der Waals surface area contributed by atoms with Crippen molar-refractivity contribution in [1.29, 1.82) is 0 Å². The highest BCUT2D eigenvalue weighted by molar-refractivity contribution is 5.79. The van der Waals surface area contributed by atoms with Crippen molar-refractivity contribution in [1.82, 2.24) is 20.4 Å². The van der Waals surface area contributed by atoms with Gasteiger partial charge >= 0.3 is 6.03 Å². The normalized spacial score (nSPS) is 20.4. The molecule has 2 atom stereocenters. The summed E-state index contributed by atoms with van der Waals surface area (Å²) in [5.74, 6) is 0.366. The molecule has 24 heavy (non-hydrogen) atoms. The summed E-state index contributed by atoms with van der Waals surface area (Å²) < 4.78 is 0. The van der Waals surface area contributed by atoms with Crippen LogP contribution in [0.2, 0.25) is 0 Å². The number of nitrogens with zero attached hydrogens (tertiary/aromatic N) is 2. The van der Waals surface area contributed by atoms with Crippen molar-refractivity contribution in [2.75, 3.05) is 26.2 Å². The highest BCUT2D eigenvalue weighted by Gasteiger charge is 2.28. The molecule has 0 radical (unpaired) electrons. The number of carbonyl (C=O) groups is 3. The van der Waals surface area contributed by atoms with E-state index in [0.717, 1.165) is 38.8 Å². The van der Waals surface area contributed by atoms with E-state index in [1.807, 2.05) is 23.6 Å². The van der Waals surface area contributed by atoms with Crippen LogP contribution in [0.5, 0.6) is 0 Å². The Labute approximate surface area is 144 Å². The zero-order valence-electron chi connectivity index (χ0n) is 14.8. The molecule has 2 saturated heterocycles. The third-order valence-electron chi connectivity index (χ3n) is 5.04. The van der Waals surface area contributed by atoms with E-state index in [1.165, 1.54) is 0 Å². The van der Waals surface area contributed by atoms with Crippen LogP contribution in [0.1, 0.15) is 52.4 Å². The van der Waals surface area contributed by atoms with Gasteiger partial charge in [0.2, 0.25) is 11.8 Å². The largest absolute Gasteiger partial charge is 0.338 e. The minimum Gasteiger partial charge on any atom is -0.338 e. The summed E-state index contributed by atoms with van der Waals surface area (Å²) in [6, 6.07) is -0.106. The monoisotopic (exact) mass is 338 g/mol. The molecule has 2 aliphatic heterocycles. The van der Waals surface area contributed by atoms with E-state index < -0.39 is 0 Å². The fourth-order valence-corrected chi connectivity index (χ4v) is 3.54. The van der Waals surface area contributed by atoms with Crippen molar-refractivity contribution in [3.8, 4) is 0 Å². The lowest BCUT2D eigenvalue weighted by Crippen LogP contribution is -2.50. The van der Waals surface area contributed by atoms with Crippen molar-refractivity contribution in [3.05, 3.63) is 0 Å². The zero-order valence-corrected chi connectivity index (χ0v) is 14.8. The molecule has 4 amide bonds. The van der Waals surface area contributed by atoms with Crippen LogP contribution in [0.3, 0.4) is 0 Å². The van der Waals surface area contributed by atoms with E-state index in [0.29, 0.717) is 25.9 Å². The van der Waals surface area contributed by atoms with Gasteiger partial charge in [-0.05, 0) is 25.7 Å². The highest BCUT2D eigenvalue weighted by atomic mass is 16.2. The molecule has 0 bridgehead atoms. The van der Waals surface area contributed by atoms with Crippen LogP contribution < -0.4 is 10.6 Å². The van der Waals surface area contributed by atoms with Gasteiger partial charge < -0.3 is 20.4 Å². The van der Waals surface area contributed by atoms with Gasteiger partial charge in [-0.2, -0.15) is 0 Å². The number of amides is 4. The molecular formula is C17H30N4O3. The lowest BCUT2D eigenvalue weighted by molar-refractivity contribution is -0.130. The van der Waals surface area contributed by atoms with Crippen molar-refractivity contribution in [2.45, 2.75) is 64.5 Å². The third kappa shape index (κ3) is 4.61. The lowest BCUT2D eigenvalue weighted by atomic mass is 10.2. The summed E-state index contributed by atoms with van der Waals surface area (Å²) in [5.41, 5.74) is 0. The first-order valence-corrected chi connectivity index (χ1v) is 9.17. The van der Waals surface area contributed by atoms with Gasteiger partial charge in [0.1, 0.15) is 0 Å². The van der Waals surface area contributed by atoms with Gasteiger partial charge in [0, 0.05) is 51.1 Å². The van der Waals surface area contributed by atoms with Crippen LogP contribution in [0.15, 0.2) is 0 Å². The number of nitrogens with one attached hydrogen (secondary N) is 2. The third-order valence-corrected chi connectivity index (χ3v) is 5.04. The Hall–Kier alpha value is -1.79. The Kier molecular flexibility index (Phi) is 6.87. The summed E-state index contributed by atoms with van der Waals surface area (Å²) in [6.45, 7) is 6.57. The standard InChI is InChI=1S/C17H30N4O3/c1-3-13(20-9-5-7-15(20)22)11-18-17(24)19-12-14(4-2)21-10-6-8-16(21)23/h13-14H,3-12H2,1-2H3,(H2,18,19,24). The maximum atomic E-state index is 12.0. The maximum Gasteiger partial charge on any atom is 0.314 e. The molecule has 7 heteroatoms. The second-order valence-corrected chi connectivity index (χ2v) is 6.60. The number of hydrogen-bond acceptors (Lipinski definition) is 3. The van der Waals surface area contributed by atoms with Gasteiger partial charge in [-0.1, -0.05) is 13.8 Å². The van der Waals surface area contributed by atoms with Gasteiger partial charge in [0.05, 0.1) is 0 Å². The molecule has 0 saturated carbocycles. The molecule has 2 aliphatic rings. The first-order valence-electron chi connectivity index (χ1n) is 9.17. The van der Waals surface area contributed by atoms with E-state index in [2.05, 4.69) is 10.6 Å². The maximum absolute atomic E-state index is 12.0. The number of carbonyl (C=O) groups excluding carboxylic acids is 3. The second kappa shape index (κ2) is 8.89. The van der Waals surface area contributed by atoms with E-state index in [1.54, 1.807) is 0 Å². The predicted octanol–water partition coefficient (Wildman–Crippen LogP) is 1.09. The molecule has 7 nitrogen and oxygen atoms in total. The number of hydrogen-bond donors (Lipinski definition) is 2. The van der Waals surface area contributed by atoms with Gasteiger partial charge in [-0.25, -0.2) is 4.79 Å². The molecule has 0 aromatic carbocycles. The van der Waals surface area contributed by atoms with Crippen LogP contribution >= 0.6 is 0 Å². The quantitative estimate of drug-likeness (QED) is 0.695. The molecule has 2 rings (SSSR count). The van der Waals surface area contributed by atoms with Crippen molar-refractivity contribution in [2.24, 2.45) is 0 Å². The lowest BCUT2D eigenvalue weighted by Gasteiger charge is -2.28. The van der Waals surface area contributed by atoms with Crippen LogP contribution in [0.25, 0.3) is 0 Å². The molecule has 0 aromatic rings. The zero-order chi connectivity index (χ0) is 17.5. The van der Waals surface area contributed by atoms with Gasteiger partial charge in [-0.15, -0.1) is 0 Å². The fraction of sp³-hybridized carbons (Fsp3) is 0.824.